The van der Waals surface area contributed by atoms with E-state index in [-0.39, 0.29) is 0 Å². The van der Waals surface area contributed by atoms with E-state index in [9.17, 15) is 0 Å². The zero-order valence-corrected chi connectivity index (χ0v) is 18.9. The minimum Gasteiger partial charge on any atom is -0.497 e. The Morgan fingerprint density at radius 2 is 1.81 bits per heavy atom. The molecule has 1 aromatic heterocycles. The van der Waals surface area contributed by atoms with Gasteiger partial charge in [-0.1, -0.05) is 18.2 Å². The average molecular weight is 422 g/mol. The molecule has 7 nitrogen and oxygen atoms in total. The van der Waals surface area contributed by atoms with Crippen LogP contribution >= 0.6 is 0 Å². The smallest absolute Gasteiger partial charge is 0.191 e. The van der Waals surface area contributed by atoms with Gasteiger partial charge in [0.1, 0.15) is 11.5 Å². The molecule has 0 aliphatic heterocycles. The molecule has 0 radical (unpaired) electrons. The van der Waals surface area contributed by atoms with Crippen LogP contribution in [0.1, 0.15) is 29.4 Å². The molecule has 0 amide bonds. The molecule has 0 unspecified atom stereocenters. The van der Waals surface area contributed by atoms with Gasteiger partial charge in [0.25, 0.3) is 0 Å². The van der Waals surface area contributed by atoms with E-state index in [0.717, 1.165) is 52.2 Å². The highest BCUT2D eigenvalue weighted by Gasteiger charge is 2.10. The predicted octanol–water partition coefficient (Wildman–Crippen LogP) is 3.76. The van der Waals surface area contributed by atoms with E-state index < -0.39 is 0 Å². The molecule has 3 aromatic rings. The van der Waals surface area contributed by atoms with Crippen molar-refractivity contribution in [1.29, 1.82) is 0 Å². The number of aryl methyl sites for hydroxylation is 2. The number of methoxy groups -OCH3 is 2. The van der Waals surface area contributed by atoms with Gasteiger partial charge in [0.2, 0.25) is 0 Å². The number of aliphatic imine (C=N–C) groups is 1. The number of ether oxygens (including phenoxy) is 2. The zero-order valence-electron chi connectivity index (χ0n) is 18.9. The van der Waals surface area contributed by atoms with Crippen LogP contribution in [0.3, 0.4) is 0 Å². The van der Waals surface area contributed by atoms with Gasteiger partial charge in [0, 0.05) is 30.4 Å². The molecule has 2 aromatic carbocycles. The van der Waals surface area contributed by atoms with Crippen LogP contribution in [-0.4, -0.2) is 36.5 Å². The Morgan fingerprint density at radius 3 is 2.48 bits per heavy atom. The Labute approximate surface area is 184 Å². The fourth-order valence-corrected chi connectivity index (χ4v) is 3.41. The van der Waals surface area contributed by atoms with Crippen molar-refractivity contribution in [3.8, 4) is 17.2 Å². The quantitative estimate of drug-likeness (QED) is 0.428. The van der Waals surface area contributed by atoms with Crippen molar-refractivity contribution >= 4 is 5.96 Å². The van der Waals surface area contributed by atoms with Crippen molar-refractivity contribution < 1.29 is 9.47 Å². The Bertz CT molecular complexity index is 1040. The van der Waals surface area contributed by atoms with Crippen LogP contribution in [0, 0.1) is 13.8 Å². The largest absolute Gasteiger partial charge is 0.497 e. The molecule has 7 heteroatoms. The molecular weight excluding hydrogens is 390 g/mol. The van der Waals surface area contributed by atoms with Gasteiger partial charge in [-0.2, -0.15) is 5.10 Å². The molecule has 1 heterocycles. The molecule has 0 fully saturated rings. The number of aromatic nitrogens is 2. The summed E-state index contributed by atoms with van der Waals surface area (Å²) >= 11 is 0. The van der Waals surface area contributed by atoms with E-state index in [1.165, 1.54) is 0 Å². The van der Waals surface area contributed by atoms with Crippen molar-refractivity contribution in [2.75, 3.05) is 20.8 Å². The summed E-state index contributed by atoms with van der Waals surface area (Å²) in [5.74, 6) is 2.26. The minimum atomic E-state index is 0.488. The van der Waals surface area contributed by atoms with E-state index in [0.29, 0.717) is 13.1 Å². The van der Waals surface area contributed by atoms with Crippen LogP contribution in [0.15, 0.2) is 53.5 Å². The number of hydrogen-bond donors (Lipinski definition) is 2. The maximum atomic E-state index is 5.49. The number of rotatable bonds is 8. The summed E-state index contributed by atoms with van der Waals surface area (Å²) in [6, 6.07) is 16.1. The number of benzene rings is 2. The topological polar surface area (TPSA) is 72.7 Å². The number of para-hydroxylation sites is 1. The summed E-state index contributed by atoms with van der Waals surface area (Å²) in [6.45, 7) is 8.01. The molecule has 3 rings (SSSR count). The molecule has 0 saturated carbocycles. The van der Waals surface area contributed by atoms with E-state index in [1.54, 1.807) is 14.2 Å². The van der Waals surface area contributed by atoms with Gasteiger partial charge in [-0.25, -0.2) is 9.67 Å². The summed E-state index contributed by atoms with van der Waals surface area (Å²) in [7, 11) is 3.30. The van der Waals surface area contributed by atoms with Crippen molar-refractivity contribution in [3.05, 3.63) is 71.0 Å². The third-order valence-corrected chi connectivity index (χ3v) is 4.92. The fourth-order valence-electron chi connectivity index (χ4n) is 3.41. The van der Waals surface area contributed by atoms with Gasteiger partial charge in [-0.05, 0) is 50.6 Å². The Kier molecular flexibility index (Phi) is 7.54. The summed E-state index contributed by atoms with van der Waals surface area (Å²) < 4.78 is 12.7. The lowest BCUT2D eigenvalue weighted by molar-refractivity contribution is 0.391. The highest BCUT2D eigenvalue weighted by atomic mass is 16.5. The van der Waals surface area contributed by atoms with Gasteiger partial charge in [-0.3, -0.25) is 0 Å². The van der Waals surface area contributed by atoms with Gasteiger partial charge in [-0.15, -0.1) is 0 Å². The van der Waals surface area contributed by atoms with Crippen LogP contribution in [0.4, 0.5) is 0 Å². The number of hydrogen-bond acceptors (Lipinski definition) is 4. The summed E-state index contributed by atoms with van der Waals surface area (Å²) in [6.07, 6.45) is 0. The standard InChI is InChI=1S/C24H31N5O2/c1-6-25-24(27-16-20-11-12-21(30-4)14-23(20)31-5)26-15-19-9-7-8-10-22(19)29-18(3)13-17(2)28-29/h7-14H,6,15-16H2,1-5H3,(H2,25,26,27). The molecule has 0 atom stereocenters. The Hall–Kier alpha value is -3.48. The van der Waals surface area contributed by atoms with Crippen LogP contribution in [0.2, 0.25) is 0 Å². The molecular formula is C24H31N5O2. The first-order chi connectivity index (χ1) is 15.0. The Morgan fingerprint density at radius 1 is 1.00 bits per heavy atom. The molecule has 0 spiro atoms. The molecule has 2 N–H and O–H groups in total. The molecule has 0 aliphatic rings. The number of nitrogens with zero attached hydrogens (tertiary/aromatic N) is 3. The lowest BCUT2D eigenvalue weighted by Crippen LogP contribution is -2.37. The number of guanidine groups is 1. The first-order valence-corrected chi connectivity index (χ1v) is 10.4. The van der Waals surface area contributed by atoms with Crippen LogP contribution in [0.25, 0.3) is 5.69 Å². The predicted molar refractivity (Wildman–Crippen MR) is 124 cm³/mol. The molecule has 0 saturated heterocycles. The van der Waals surface area contributed by atoms with Gasteiger partial charge < -0.3 is 20.1 Å². The van der Waals surface area contributed by atoms with Gasteiger partial charge >= 0.3 is 0 Å². The molecule has 0 aliphatic carbocycles. The summed E-state index contributed by atoms with van der Waals surface area (Å²) in [5.41, 5.74) is 5.30. The highest BCUT2D eigenvalue weighted by Crippen LogP contribution is 2.25. The first-order valence-electron chi connectivity index (χ1n) is 10.4. The van der Waals surface area contributed by atoms with Gasteiger partial charge in [0.05, 0.1) is 32.1 Å². The third-order valence-electron chi connectivity index (χ3n) is 4.92. The second-order valence-electron chi connectivity index (χ2n) is 7.19. The summed E-state index contributed by atoms with van der Waals surface area (Å²) in [4.78, 5) is 4.74. The summed E-state index contributed by atoms with van der Waals surface area (Å²) in [5, 5.41) is 11.4. The first kappa shape index (κ1) is 22.2. The maximum absolute atomic E-state index is 5.49. The van der Waals surface area contributed by atoms with E-state index in [1.807, 2.05) is 41.9 Å². The lowest BCUT2D eigenvalue weighted by atomic mass is 10.1. The Balaban J connectivity index is 1.77. The second-order valence-corrected chi connectivity index (χ2v) is 7.19. The normalized spacial score (nSPS) is 11.3. The lowest BCUT2D eigenvalue weighted by Gasteiger charge is -2.15. The van der Waals surface area contributed by atoms with E-state index in [2.05, 4.69) is 47.8 Å². The van der Waals surface area contributed by atoms with Crippen molar-refractivity contribution in [1.82, 2.24) is 20.4 Å². The third kappa shape index (κ3) is 5.57. The van der Waals surface area contributed by atoms with E-state index >= 15 is 0 Å². The van der Waals surface area contributed by atoms with Crippen LogP contribution < -0.4 is 20.1 Å². The average Bonchev–Trinajstić information content (AvgIpc) is 3.13. The highest BCUT2D eigenvalue weighted by molar-refractivity contribution is 5.79. The number of nitrogens with one attached hydrogen (secondary N) is 2. The molecule has 0 bridgehead atoms. The monoisotopic (exact) mass is 421 g/mol. The van der Waals surface area contributed by atoms with Crippen LogP contribution in [0.5, 0.6) is 11.5 Å². The van der Waals surface area contributed by atoms with Crippen molar-refractivity contribution in [2.24, 2.45) is 4.99 Å². The zero-order chi connectivity index (χ0) is 22.2. The molecule has 31 heavy (non-hydrogen) atoms. The van der Waals surface area contributed by atoms with Crippen molar-refractivity contribution in [2.45, 2.75) is 33.9 Å². The SMILES string of the molecule is CCNC(=NCc1ccc(OC)cc1OC)NCc1ccccc1-n1nc(C)cc1C. The van der Waals surface area contributed by atoms with Gasteiger partial charge in [0.15, 0.2) is 5.96 Å². The molecule has 164 valence electrons. The van der Waals surface area contributed by atoms with Crippen molar-refractivity contribution in [3.63, 3.8) is 0 Å². The van der Waals surface area contributed by atoms with Crippen LogP contribution in [-0.2, 0) is 13.1 Å². The maximum Gasteiger partial charge on any atom is 0.191 e. The van der Waals surface area contributed by atoms with E-state index in [4.69, 9.17) is 14.5 Å². The fraction of sp³-hybridized carbons (Fsp3) is 0.333. The minimum absolute atomic E-state index is 0.488. The second kappa shape index (κ2) is 10.5.